The van der Waals surface area contributed by atoms with E-state index in [9.17, 15) is 4.79 Å². The van der Waals surface area contributed by atoms with Gasteiger partial charge in [0.05, 0.1) is 27.8 Å². The zero-order valence-electron chi connectivity index (χ0n) is 13.6. The number of hydrogen-bond donors (Lipinski definition) is 0. The normalized spacial score (nSPS) is 17.5. The maximum absolute atomic E-state index is 12.7. The number of thiazole rings is 1. The van der Waals surface area contributed by atoms with Crippen LogP contribution in [0.1, 0.15) is 5.69 Å². The molecule has 128 valence electrons. The van der Waals surface area contributed by atoms with Crippen LogP contribution in [0.4, 0.5) is 5.13 Å². The number of carbonyl (C=O) groups is 1. The van der Waals surface area contributed by atoms with Crippen molar-refractivity contribution in [1.29, 1.82) is 0 Å². The molecule has 0 atom stereocenters. The number of aliphatic imine (C=N–C) groups is 1. The summed E-state index contributed by atoms with van der Waals surface area (Å²) in [5.74, 6) is -0.125. The van der Waals surface area contributed by atoms with Gasteiger partial charge < -0.3 is 0 Å². The van der Waals surface area contributed by atoms with Crippen LogP contribution < -0.4 is 0 Å². The van der Waals surface area contributed by atoms with E-state index in [1.54, 1.807) is 29.4 Å². The molecule has 1 aromatic carbocycles. The summed E-state index contributed by atoms with van der Waals surface area (Å²) in [5.41, 5.74) is 2.24. The lowest BCUT2D eigenvalue weighted by Gasteiger charge is -2.11. The number of amides is 1. The van der Waals surface area contributed by atoms with Crippen LogP contribution in [0, 0.1) is 0 Å². The molecule has 2 aromatic heterocycles. The highest BCUT2D eigenvalue weighted by molar-refractivity contribution is 8.18. The van der Waals surface area contributed by atoms with E-state index < -0.39 is 0 Å². The first kappa shape index (κ1) is 16.6. The van der Waals surface area contributed by atoms with Gasteiger partial charge in [-0.3, -0.25) is 14.7 Å². The zero-order valence-corrected chi connectivity index (χ0v) is 15.2. The molecule has 3 aromatic rings. The molecule has 6 nitrogen and oxygen atoms in total. The van der Waals surface area contributed by atoms with Crippen molar-refractivity contribution in [2.75, 3.05) is 6.54 Å². The van der Waals surface area contributed by atoms with Crippen molar-refractivity contribution in [2.24, 2.45) is 4.99 Å². The van der Waals surface area contributed by atoms with Crippen molar-refractivity contribution in [3.8, 4) is 0 Å². The van der Waals surface area contributed by atoms with Crippen molar-refractivity contribution >= 4 is 56.4 Å². The maximum Gasteiger partial charge on any atom is 0.267 e. The smallest absolute Gasteiger partial charge is 0.267 e. The lowest BCUT2D eigenvalue weighted by atomic mass is 10.3. The number of aromatic nitrogens is 3. The topological polar surface area (TPSA) is 71.3 Å². The molecule has 1 aliphatic heterocycles. The van der Waals surface area contributed by atoms with Gasteiger partial charge in [-0.15, -0.1) is 17.9 Å². The van der Waals surface area contributed by atoms with Crippen molar-refractivity contribution in [2.45, 2.75) is 0 Å². The molecule has 0 aliphatic carbocycles. The SMILES string of the molecule is C=CCN1C(=O)/C(=C\c2cnc3ccccc3n2)SC1=Nc1nccs1. The maximum atomic E-state index is 12.7. The number of para-hydroxylation sites is 2. The Hall–Kier alpha value is -2.84. The molecule has 0 saturated carbocycles. The lowest BCUT2D eigenvalue weighted by Crippen LogP contribution is -2.29. The van der Waals surface area contributed by atoms with Crippen LogP contribution in [0.25, 0.3) is 17.1 Å². The summed E-state index contributed by atoms with van der Waals surface area (Å²) in [6.45, 7) is 4.11. The van der Waals surface area contributed by atoms with E-state index >= 15 is 0 Å². The van der Waals surface area contributed by atoms with Crippen molar-refractivity contribution < 1.29 is 4.79 Å². The third kappa shape index (κ3) is 3.29. The summed E-state index contributed by atoms with van der Waals surface area (Å²) in [5, 5.41) is 3.05. The Kier molecular flexibility index (Phi) is 4.59. The van der Waals surface area contributed by atoms with Crippen LogP contribution in [-0.2, 0) is 4.79 Å². The van der Waals surface area contributed by atoms with Gasteiger partial charge in [0.1, 0.15) is 0 Å². The third-order valence-electron chi connectivity index (χ3n) is 3.56. The highest BCUT2D eigenvalue weighted by Gasteiger charge is 2.33. The zero-order chi connectivity index (χ0) is 17.9. The van der Waals surface area contributed by atoms with Gasteiger partial charge in [0, 0.05) is 18.1 Å². The second-order valence-electron chi connectivity index (χ2n) is 5.31. The Morgan fingerprint density at radius 1 is 1.23 bits per heavy atom. The van der Waals surface area contributed by atoms with Gasteiger partial charge in [-0.1, -0.05) is 18.2 Å². The van der Waals surface area contributed by atoms with E-state index in [1.807, 2.05) is 29.6 Å². The van der Waals surface area contributed by atoms with E-state index in [0.29, 0.717) is 27.4 Å². The Labute approximate surface area is 158 Å². The monoisotopic (exact) mass is 379 g/mol. The molecule has 3 heterocycles. The van der Waals surface area contributed by atoms with Gasteiger partial charge in [-0.2, -0.15) is 4.99 Å². The summed E-state index contributed by atoms with van der Waals surface area (Å²) in [6, 6.07) is 7.63. The molecule has 0 unspecified atom stereocenters. The van der Waals surface area contributed by atoms with Crippen LogP contribution in [0.3, 0.4) is 0 Å². The van der Waals surface area contributed by atoms with Crippen LogP contribution in [0.15, 0.2) is 64.6 Å². The molecule has 1 aliphatic rings. The fraction of sp³-hybridized carbons (Fsp3) is 0.0556. The first-order valence-electron chi connectivity index (χ1n) is 7.77. The average molecular weight is 379 g/mol. The fourth-order valence-electron chi connectivity index (χ4n) is 2.41. The molecule has 1 fully saturated rings. The molecule has 8 heteroatoms. The summed E-state index contributed by atoms with van der Waals surface area (Å²) in [4.78, 5) is 32.4. The second-order valence-corrected chi connectivity index (χ2v) is 7.19. The third-order valence-corrected chi connectivity index (χ3v) is 5.23. The van der Waals surface area contributed by atoms with Gasteiger partial charge in [-0.25, -0.2) is 9.97 Å². The highest BCUT2D eigenvalue weighted by atomic mass is 32.2. The molecule has 4 rings (SSSR count). The van der Waals surface area contributed by atoms with Gasteiger partial charge >= 0.3 is 0 Å². The van der Waals surface area contributed by atoms with E-state index in [-0.39, 0.29) is 5.91 Å². The van der Waals surface area contributed by atoms with Crippen LogP contribution in [0.5, 0.6) is 0 Å². The number of benzene rings is 1. The molecule has 0 spiro atoms. The molecular weight excluding hydrogens is 366 g/mol. The first-order valence-corrected chi connectivity index (χ1v) is 9.46. The van der Waals surface area contributed by atoms with E-state index in [1.165, 1.54) is 23.1 Å². The first-order chi connectivity index (χ1) is 12.7. The largest absolute Gasteiger partial charge is 0.282 e. The number of hydrogen-bond acceptors (Lipinski definition) is 7. The fourth-order valence-corrected chi connectivity index (χ4v) is 3.95. The predicted octanol–water partition coefficient (Wildman–Crippen LogP) is 3.88. The average Bonchev–Trinajstić information content (AvgIpc) is 3.26. The summed E-state index contributed by atoms with van der Waals surface area (Å²) < 4.78 is 0. The van der Waals surface area contributed by atoms with E-state index in [0.717, 1.165) is 11.0 Å². The number of fused-ring (bicyclic) bond motifs is 1. The second kappa shape index (κ2) is 7.19. The summed E-state index contributed by atoms with van der Waals surface area (Å²) in [6.07, 6.45) is 6.77. The summed E-state index contributed by atoms with van der Waals surface area (Å²) >= 11 is 2.72. The molecule has 26 heavy (non-hydrogen) atoms. The van der Waals surface area contributed by atoms with Gasteiger partial charge in [0.15, 0.2) is 5.17 Å². The minimum absolute atomic E-state index is 0.125. The van der Waals surface area contributed by atoms with E-state index in [4.69, 9.17) is 0 Å². The Morgan fingerprint density at radius 3 is 2.85 bits per heavy atom. The molecule has 0 N–H and O–H groups in total. The molecule has 1 amide bonds. The number of thioether (sulfide) groups is 1. The highest BCUT2D eigenvalue weighted by Crippen LogP contribution is 2.34. The molecule has 0 radical (unpaired) electrons. The summed E-state index contributed by atoms with van der Waals surface area (Å²) in [7, 11) is 0. The van der Waals surface area contributed by atoms with Crippen molar-refractivity contribution in [1.82, 2.24) is 19.9 Å². The Morgan fingerprint density at radius 2 is 2.08 bits per heavy atom. The van der Waals surface area contributed by atoms with Gasteiger partial charge in [-0.05, 0) is 30.0 Å². The van der Waals surface area contributed by atoms with Crippen LogP contribution in [0.2, 0.25) is 0 Å². The number of amidine groups is 1. The minimum Gasteiger partial charge on any atom is -0.282 e. The molecular formula is C18H13N5OS2. The lowest BCUT2D eigenvalue weighted by molar-refractivity contribution is -0.121. The quantitative estimate of drug-likeness (QED) is 0.508. The standard InChI is InChI=1S/C18H13N5OS2/c1-2-8-23-16(24)15(26-18(23)22-17-19-7-9-25-17)10-12-11-20-13-5-3-4-6-14(13)21-12/h2-7,9-11H,1,8H2/b15-10+,22-18?. The van der Waals surface area contributed by atoms with E-state index in [2.05, 4.69) is 26.5 Å². The molecule has 1 saturated heterocycles. The number of nitrogens with zero attached hydrogens (tertiary/aromatic N) is 5. The number of rotatable bonds is 4. The van der Waals surface area contributed by atoms with Crippen molar-refractivity contribution in [3.05, 3.63) is 65.3 Å². The van der Waals surface area contributed by atoms with Crippen molar-refractivity contribution in [3.63, 3.8) is 0 Å². The predicted molar refractivity (Wildman–Crippen MR) is 106 cm³/mol. The van der Waals surface area contributed by atoms with Gasteiger partial charge in [0.2, 0.25) is 5.13 Å². The number of carbonyl (C=O) groups excluding carboxylic acids is 1. The van der Waals surface area contributed by atoms with Crippen LogP contribution >= 0.6 is 23.1 Å². The molecule has 0 bridgehead atoms. The Bertz CT molecular complexity index is 1040. The Balaban J connectivity index is 1.70. The van der Waals surface area contributed by atoms with Crippen LogP contribution in [-0.4, -0.2) is 37.5 Å². The van der Waals surface area contributed by atoms with Gasteiger partial charge in [0.25, 0.3) is 5.91 Å². The minimum atomic E-state index is -0.125.